The molecule has 164 valence electrons. The number of piperidine rings is 1. The summed E-state index contributed by atoms with van der Waals surface area (Å²) in [6.45, 7) is 0.826. The first-order valence-corrected chi connectivity index (χ1v) is 10.6. The summed E-state index contributed by atoms with van der Waals surface area (Å²) in [6.07, 6.45) is -0.408. The van der Waals surface area contributed by atoms with Crippen LogP contribution in [0.3, 0.4) is 0 Å². The zero-order valence-corrected chi connectivity index (χ0v) is 17.1. The van der Waals surface area contributed by atoms with E-state index in [0.717, 1.165) is 37.0 Å². The summed E-state index contributed by atoms with van der Waals surface area (Å²) in [4.78, 5) is 27.2. The van der Waals surface area contributed by atoms with Gasteiger partial charge in [0.1, 0.15) is 0 Å². The zero-order chi connectivity index (χ0) is 22.1. The molecule has 0 radical (unpaired) electrons. The average molecular weight is 430 g/mol. The van der Waals surface area contributed by atoms with Crippen LogP contribution >= 0.6 is 0 Å². The van der Waals surface area contributed by atoms with Crippen molar-refractivity contribution in [2.24, 2.45) is 5.92 Å². The fourth-order valence-electron chi connectivity index (χ4n) is 4.44. The monoisotopic (exact) mass is 430 g/mol. The standard InChI is InChI=1S/C24H25F3N2O2/c25-24(26,27)20-9-7-18(8-10-20)22(31)29-15-11-17(12-16-29)21(30)28-23(13-4-14-23)19-5-2-1-3-6-19/h1-3,5-10,17H,4,11-16H2,(H,28,30). The Bertz CT molecular complexity index is 930. The molecule has 2 amide bonds. The van der Waals surface area contributed by atoms with E-state index in [-0.39, 0.29) is 28.8 Å². The SMILES string of the molecule is O=C(NC1(c2ccccc2)CCC1)C1CCN(C(=O)c2ccc(C(F)(F)F)cc2)CC1. The van der Waals surface area contributed by atoms with Crippen LogP contribution in [0.2, 0.25) is 0 Å². The van der Waals surface area contributed by atoms with E-state index in [1.807, 2.05) is 30.3 Å². The van der Waals surface area contributed by atoms with Crippen molar-refractivity contribution < 1.29 is 22.8 Å². The van der Waals surface area contributed by atoms with Crippen molar-refractivity contribution in [3.8, 4) is 0 Å². The Kier molecular flexibility index (Phi) is 5.77. The smallest absolute Gasteiger partial charge is 0.346 e. The molecule has 0 bridgehead atoms. The first-order chi connectivity index (χ1) is 14.8. The number of carbonyl (C=O) groups excluding carboxylic acids is 2. The lowest BCUT2D eigenvalue weighted by molar-refractivity contribution is -0.137. The van der Waals surface area contributed by atoms with Gasteiger partial charge < -0.3 is 10.2 Å². The van der Waals surface area contributed by atoms with Gasteiger partial charge in [-0.15, -0.1) is 0 Å². The van der Waals surface area contributed by atoms with E-state index < -0.39 is 11.7 Å². The maximum absolute atomic E-state index is 12.9. The van der Waals surface area contributed by atoms with Gasteiger partial charge in [-0.25, -0.2) is 0 Å². The van der Waals surface area contributed by atoms with Gasteiger partial charge in [0.2, 0.25) is 5.91 Å². The van der Waals surface area contributed by atoms with Crippen LogP contribution in [-0.4, -0.2) is 29.8 Å². The minimum Gasteiger partial charge on any atom is -0.346 e. The second-order valence-corrected chi connectivity index (χ2v) is 8.43. The predicted octanol–water partition coefficient (Wildman–Crippen LogP) is 4.75. The molecule has 2 aromatic carbocycles. The number of carbonyl (C=O) groups is 2. The van der Waals surface area contributed by atoms with E-state index in [0.29, 0.717) is 25.9 Å². The number of benzene rings is 2. The van der Waals surface area contributed by atoms with Gasteiger partial charge in [0.25, 0.3) is 5.91 Å². The van der Waals surface area contributed by atoms with Gasteiger partial charge in [-0.2, -0.15) is 13.2 Å². The molecule has 1 heterocycles. The van der Waals surface area contributed by atoms with Crippen molar-refractivity contribution >= 4 is 11.8 Å². The Morgan fingerprint density at radius 3 is 2.06 bits per heavy atom. The van der Waals surface area contributed by atoms with Crippen LogP contribution in [0.5, 0.6) is 0 Å². The number of alkyl halides is 3. The van der Waals surface area contributed by atoms with Gasteiger partial charge >= 0.3 is 6.18 Å². The number of rotatable bonds is 4. The normalized spacial score (nSPS) is 18.9. The third-order valence-electron chi connectivity index (χ3n) is 6.51. The van der Waals surface area contributed by atoms with Crippen molar-refractivity contribution in [1.82, 2.24) is 10.2 Å². The fourth-order valence-corrected chi connectivity index (χ4v) is 4.44. The number of hydrogen-bond donors (Lipinski definition) is 1. The fraction of sp³-hybridized carbons (Fsp3) is 0.417. The van der Waals surface area contributed by atoms with Crippen LogP contribution in [0.1, 0.15) is 53.6 Å². The number of halogens is 3. The molecule has 2 aromatic rings. The number of nitrogens with one attached hydrogen (secondary N) is 1. The molecule has 1 aliphatic heterocycles. The molecule has 0 aromatic heterocycles. The lowest BCUT2D eigenvalue weighted by atomic mass is 9.71. The summed E-state index contributed by atoms with van der Waals surface area (Å²) in [5.41, 5.74) is 0.298. The second-order valence-electron chi connectivity index (χ2n) is 8.43. The van der Waals surface area contributed by atoms with Crippen molar-refractivity contribution in [3.05, 3.63) is 71.3 Å². The van der Waals surface area contributed by atoms with Crippen molar-refractivity contribution in [2.75, 3.05) is 13.1 Å². The van der Waals surface area contributed by atoms with Gasteiger partial charge in [0.15, 0.2) is 0 Å². The van der Waals surface area contributed by atoms with Crippen molar-refractivity contribution in [3.63, 3.8) is 0 Å². The molecule has 0 spiro atoms. The summed E-state index contributed by atoms with van der Waals surface area (Å²) in [7, 11) is 0. The van der Waals surface area contributed by atoms with Gasteiger partial charge in [0, 0.05) is 24.6 Å². The quantitative estimate of drug-likeness (QED) is 0.761. The van der Waals surface area contributed by atoms with E-state index in [4.69, 9.17) is 0 Å². The Hall–Kier alpha value is -2.83. The van der Waals surface area contributed by atoms with E-state index in [9.17, 15) is 22.8 Å². The van der Waals surface area contributed by atoms with Crippen LogP contribution in [0.4, 0.5) is 13.2 Å². The third kappa shape index (κ3) is 4.45. The number of likely N-dealkylation sites (tertiary alicyclic amines) is 1. The van der Waals surface area contributed by atoms with Crippen LogP contribution in [0.15, 0.2) is 54.6 Å². The molecule has 1 aliphatic carbocycles. The molecule has 0 atom stereocenters. The molecule has 4 nitrogen and oxygen atoms in total. The van der Waals surface area contributed by atoms with Crippen LogP contribution in [0.25, 0.3) is 0 Å². The maximum Gasteiger partial charge on any atom is 0.416 e. The van der Waals surface area contributed by atoms with Gasteiger partial charge in [-0.3, -0.25) is 9.59 Å². The van der Waals surface area contributed by atoms with E-state index in [1.54, 1.807) is 4.90 Å². The Balaban J connectivity index is 1.34. The summed E-state index contributed by atoms with van der Waals surface area (Å²) < 4.78 is 38.1. The van der Waals surface area contributed by atoms with Crippen LogP contribution in [-0.2, 0) is 16.5 Å². The molecule has 0 unspecified atom stereocenters. The lowest BCUT2D eigenvalue weighted by Gasteiger charge is -2.44. The summed E-state index contributed by atoms with van der Waals surface area (Å²) in [6, 6.07) is 14.3. The molecule has 1 saturated heterocycles. The summed E-state index contributed by atoms with van der Waals surface area (Å²) in [5, 5.41) is 3.26. The molecule has 7 heteroatoms. The Morgan fingerprint density at radius 2 is 1.55 bits per heavy atom. The van der Waals surface area contributed by atoms with Crippen molar-refractivity contribution in [1.29, 1.82) is 0 Å². The zero-order valence-electron chi connectivity index (χ0n) is 17.1. The van der Waals surface area contributed by atoms with Gasteiger partial charge in [-0.1, -0.05) is 30.3 Å². The largest absolute Gasteiger partial charge is 0.416 e. The highest BCUT2D eigenvalue weighted by Crippen LogP contribution is 2.41. The average Bonchev–Trinajstić information content (AvgIpc) is 2.76. The molecule has 4 rings (SSSR count). The first kappa shape index (κ1) is 21.4. The van der Waals surface area contributed by atoms with Crippen LogP contribution < -0.4 is 5.32 Å². The van der Waals surface area contributed by atoms with Gasteiger partial charge in [-0.05, 0) is 61.9 Å². The first-order valence-electron chi connectivity index (χ1n) is 10.6. The number of amides is 2. The number of hydrogen-bond acceptors (Lipinski definition) is 2. The second kappa shape index (κ2) is 8.36. The lowest BCUT2D eigenvalue weighted by Crippen LogP contribution is -2.53. The van der Waals surface area contributed by atoms with Crippen LogP contribution in [0, 0.1) is 5.92 Å². The van der Waals surface area contributed by atoms with Gasteiger partial charge in [0.05, 0.1) is 11.1 Å². The highest BCUT2D eigenvalue weighted by molar-refractivity contribution is 5.94. The molecule has 2 fully saturated rings. The van der Waals surface area contributed by atoms with E-state index in [2.05, 4.69) is 5.32 Å². The predicted molar refractivity (Wildman–Crippen MR) is 110 cm³/mol. The minimum atomic E-state index is -4.43. The Morgan fingerprint density at radius 1 is 0.935 bits per heavy atom. The van der Waals surface area contributed by atoms with E-state index in [1.165, 1.54) is 12.1 Å². The molecular weight excluding hydrogens is 405 g/mol. The topological polar surface area (TPSA) is 49.4 Å². The molecule has 31 heavy (non-hydrogen) atoms. The van der Waals surface area contributed by atoms with E-state index >= 15 is 0 Å². The molecule has 2 aliphatic rings. The summed E-state index contributed by atoms with van der Waals surface area (Å²) in [5.74, 6) is -0.449. The van der Waals surface area contributed by atoms with Crippen molar-refractivity contribution in [2.45, 2.75) is 43.8 Å². The third-order valence-corrected chi connectivity index (χ3v) is 6.51. The highest BCUT2D eigenvalue weighted by Gasteiger charge is 2.41. The number of nitrogens with zero attached hydrogens (tertiary/aromatic N) is 1. The minimum absolute atomic E-state index is 0.0187. The summed E-state index contributed by atoms with van der Waals surface area (Å²) >= 11 is 0. The highest BCUT2D eigenvalue weighted by atomic mass is 19.4. The molecular formula is C24H25F3N2O2. The Labute approximate surface area is 179 Å². The maximum atomic E-state index is 12.9. The molecule has 1 N–H and O–H groups in total. The molecule has 1 saturated carbocycles.